The van der Waals surface area contributed by atoms with Gasteiger partial charge in [0.05, 0.1) is 0 Å². The molecule has 0 atom stereocenters. The predicted octanol–water partition coefficient (Wildman–Crippen LogP) is 7.07. The van der Waals surface area contributed by atoms with Crippen LogP contribution < -0.4 is 15.4 Å². The zero-order valence-corrected chi connectivity index (χ0v) is 18.3. The summed E-state index contributed by atoms with van der Waals surface area (Å²) in [4.78, 5) is 13.2. The van der Waals surface area contributed by atoms with Crippen LogP contribution in [-0.2, 0) is 6.54 Å². The fourth-order valence-corrected chi connectivity index (χ4v) is 3.96. The Morgan fingerprint density at radius 3 is 2.21 bits per heavy atom. The molecule has 0 saturated carbocycles. The van der Waals surface area contributed by atoms with Crippen molar-refractivity contribution in [3.8, 4) is 11.1 Å². The minimum Gasteiger partial charge on any atom is -0.334 e. The Morgan fingerprint density at radius 1 is 0.758 bits per heavy atom. The quantitative estimate of drug-likeness (QED) is 0.258. The minimum absolute atomic E-state index is 0.0835. The molecule has 4 aromatic carbocycles. The van der Waals surface area contributed by atoms with E-state index in [1.165, 1.54) is 18.0 Å². The summed E-state index contributed by atoms with van der Waals surface area (Å²) in [7, 11) is 0. The number of hydrogen-bond acceptors (Lipinski definition) is 3. The fraction of sp³-hybridized carbons (Fsp3) is 0.0385. The van der Waals surface area contributed by atoms with E-state index in [0.717, 1.165) is 33.8 Å². The normalized spacial score (nSPS) is 10.5. The molecule has 0 aliphatic heterocycles. The summed E-state index contributed by atoms with van der Waals surface area (Å²) >= 11 is 1.52. The van der Waals surface area contributed by atoms with Gasteiger partial charge in [0, 0.05) is 22.8 Å². The van der Waals surface area contributed by atoms with Crippen LogP contribution in [0.3, 0.4) is 0 Å². The lowest BCUT2D eigenvalue weighted by atomic mass is 10.1. The molecule has 0 fully saturated rings. The molecule has 0 heterocycles. The van der Waals surface area contributed by atoms with Gasteiger partial charge in [-0.2, -0.15) is 0 Å². The van der Waals surface area contributed by atoms with Crippen LogP contribution in [0.5, 0.6) is 0 Å². The van der Waals surface area contributed by atoms with Crippen LogP contribution in [0.4, 0.5) is 25.0 Å². The van der Waals surface area contributed by atoms with Crippen LogP contribution in [0.15, 0.2) is 102 Å². The largest absolute Gasteiger partial charge is 0.334 e. The Labute approximate surface area is 195 Å². The molecule has 0 aliphatic carbocycles. The van der Waals surface area contributed by atoms with Crippen molar-refractivity contribution in [1.29, 1.82) is 0 Å². The maximum atomic E-state index is 13.3. The molecular formula is C26H21F2N3OS. The van der Waals surface area contributed by atoms with Crippen LogP contribution in [-0.4, -0.2) is 6.03 Å². The zero-order valence-electron chi connectivity index (χ0n) is 17.5. The molecular weight excluding hydrogens is 440 g/mol. The second-order valence-corrected chi connectivity index (χ2v) is 8.05. The van der Waals surface area contributed by atoms with E-state index in [2.05, 4.69) is 39.6 Å². The van der Waals surface area contributed by atoms with Gasteiger partial charge in [0.15, 0.2) is 11.6 Å². The average Bonchev–Trinajstić information content (AvgIpc) is 2.85. The molecule has 0 aliphatic rings. The number of nitrogens with one attached hydrogen (secondary N) is 3. The number of carbonyl (C=O) groups is 1. The number of benzene rings is 4. The molecule has 0 aromatic heterocycles. The van der Waals surface area contributed by atoms with Gasteiger partial charge in [0.25, 0.3) is 0 Å². The molecule has 4 rings (SSSR count). The molecule has 166 valence electrons. The number of amides is 2. The van der Waals surface area contributed by atoms with Crippen molar-refractivity contribution < 1.29 is 13.6 Å². The Morgan fingerprint density at radius 2 is 1.45 bits per heavy atom. The number of rotatable bonds is 7. The smallest absolute Gasteiger partial charge is 0.319 e. The molecule has 4 aromatic rings. The van der Waals surface area contributed by atoms with Gasteiger partial charge in [0.1, 0.15) is 0 Å². The number of halogens is 2. The van der Waals surface area contributed by atoms with Gasteiger partial charge in [0.2, 0.25) is 0 Å². The van der Waals surface area contributed by atoms with Crippen LogP contribution in [0, 0.1) is 11.6 Å². The Balaban J connectivity index is 1.31. The first-order valence-corrected chi connectivity index (χ1v) is 11.1. The molecule has 0 radical (unpaired) electrons. The second kappa shape index (κ2) is 10.7. The summed E-state index contributed by atoms with van der Waals surface area (Å²) in [6.45, 7) is 0.0835. The molecule has 33 heavy (non-hydrogen) atoms. The van der Waals surface area contributed by atoms with Gasteiger partial charge in [-0.05, 0) is 71.1 Å². The van der Waals surface area contributed by atoms with E-state index in [1.807, 2.05) is 42.5 Å². The van der Waals surface area contributed by atoms with Gasteiger partial charge >= 0.3 is 6.03 Å². The van der Waals surface area contributed by atoms with E-state index in [4.69, 9.17) is 0 Å². The third-order valence-corrected chi connectivity index (χ3v) is 5.74. The van der Waals surface area contributed by atoms with Crippen LogP contribution in [0.25, 0.3) is 11.1 Å². The third-order valence-electron chi connectivity index (χ3n) is 4.83. The van der Waals surface area contributed by atoms with E-state index in [1.54, 1.807) is 12.1 Å². The molecule has 0 bridgehead atoms. The first-order chi connectivity index (χ1) is 16.1. The number of urea groups is 1. The van der Waals surface area contributed by atoms with Gasteiger partial charge in [-0.1, -0.05) is 54.6 Å². The van der Waals surface area contributed by atoms with E-state index in [9.17, 15) is 13.6 Å². The molecule has 0 spiro atoms. The molecule has 2 amide bonds. The van der Waals surface area contributed by atoms with Crippen molar-refractivity contribution in [3.63, 3.8) is 0 Å². The van der Waals surface area contributed by atoms with Gasteiger partial charge in [-0.3, -0.25) is 0 Å². The van der Waals surface area contributed by atoms with Crippen molar-refractivity contribution in [3.05, 3.63) is 114 Å². The zero-order chi connectivity index (χ0) is 23.0. The number of carbonyl (C=O) groups excluding carboxylic acids is 1. The standard InChI is InChI=1S/C26H21F2N3OS/c27-23-15-10-18(16-24(23)28)17-29-26(32)30-20-11-13-21(14-12-20)31-33-25-9-5-4-8-22(25)19-6-2-1-3-7-19/h1-16,31H,17H2,(H2,29,30,32). The van der Waals surface area contributed by atoms with E-state index in [-0.39, 0.29) is 6.54 Å². The first kappa shape index (κ1) is 22.4. The van der Waals surface area contributed by atoms with E-state index in [0.29, 0.717) is 11.3 Å². The lowest BCUT2D eigenvalue weighted by molar-refractivity contribution is 0.251. The van der Waals surface area contributed by atoms with Crippen molar-refractivity contribution in [2.24, 2.45) is 0 Å². The number of hydrogen-bond donors (Lipinski definition) is 3. The summed E-state index contributed by atoms with van der Waals surface area (Å²) in [6, 6.07) is 28.7. The average molecular weight is 462 g/mol. The summed E-state index contributed by atoms with van der Waals surface area (Å²) in [5, 5.41) is 5.34. The lowest BCUT2D eigenvalue weighted by Gasteiger charge is -2.12. The van der Waals surface area contributed by atoms with E-state index < -0.39 is 17.7 Å². The molecule has 0 unspecified atom stereocenters. The fourth-order valence-electron chi connectivity index (χ4n) is 3.15. The van der Waals surface area contributed by atoms with E-state index >= 15 is 0 Å². The monoisotopic (exact) mass is 461 g/mol. The Kier molecular flexibility index (Phi) is 7.22. The first-order valence-electron chi connectivity index (χ1n) is 10.2. The summed E-state index contributed by atoms with van der Waals surface area (Å²) in [5.74, 6) is -1.86. The van der Waals surface area contributed by atoms with Gasteiger partial charge in [-0.25, -0.2) is 13.6 Å². The second-order valence-electron chi connectivity index (χ2n) is 7.20. The summed E-state index contributed by atoms with van der Waals surface area (Å²) in [6.07, 6.45) is 0. The topological polar surface area (TPSA) is 53.2 Å². The minimum atomic E-state index is -0.943. The van der Waals surface area contributed by atoms with Crippen molar-refractivity contribution in [2.45, 2.75) is 11.4 Å². The molecule has 0 saturated heterocycles. The van der Waals surface area contributed by atoms with Crippen molar-refractivity contribution >= 4 is 29.4 Å². The highest BCUT2D eigenvalue weighted by Crippen LogP contribution is 2.32. The molecule has 3 N–H and O–H groups in total. The van der Waals surface area contributed by atoms with Crippen LogP contribution in [0.1, 0.15) is 5.56 Å². The lowest BCUT2D eigenvalue weighted by Crippen LogP contribution is -2.28. The van der Waals surface area contributed by atoms with Crippen LogP contribution in [0.2, 0.25) is 0 Å². The SMILES string of the molecule is O=C(NCc1ccc(F)c(F)c1)Nc1ccc(NSc2ccccc2-c2ccccc2)cc1. The molecule has 7 heteroatoms. The van der Waals surface area contributed by atoms with Gasteiger partial charge in [-0.15, -0.1) is 0 Å². The Hall–Kier alpha value is -3.84. The highest BCUT2D eigenvalue weighted by Gasteiger charge is 2.07. The maximum absolute atomic E-state index is 13.3. The molecule has 4 nitrogen and oxygen atoms in total. The summed E-state index contributed by atoms with van der Waals surface area (Å²) < 4.78 is 29.6. The summed E-state index contributed by atoms with van der Waals surface area (Å²) in [5.41, 5.74) is 4.26. The predicted molar refractivity (Wildman–Crippen MR) is 130 cm³/mol. The number of anilines is 2. The van der Waals surface area contributed by atoms with Crippen LogP contribution >= 0.6 is 11.9 Å². The third kappa shape index (κ3) is 6.11. The maximum Gasteiger partial charge on any atom is 0.319 e. The highest BCUT2D eigenvalue weighted by atomic mass is 32.2. The van der Waals surface area contributed by atoms with Crippen molar-refractivity contribution in [1.82, 2.24) is 5.32 Å². The van der Waals surface area contributed by atoms with Crippen molar-refractivity contribution in [2.75, 3.05) is 10.0 Å². The van der Waals surface area contributed by atoms with Gasteiger partial charge < -0.3 is 15.4 Å². The highest BCUT2D eigenvalue weighted by molar-refractivity contribution is 8.00. The Bertz CT molecular complexity index is 1230.